The molecule has 36 heavy (non-hydrogen) atoms. The summed E-state index contributed by atoms with van der Waals surface area (Å²) in [6, 6.07) is 8.45. The molecule has 4 aliphatic rings. The molecule has 0 radical (unpaired) electrons. The molecule has 2 N–H and O–H groups in total. The van der Waals surface area contributed by atoms with Crippen LogP contribution < -0.4 is 10.6 Å². The number of nitrogens with zero attached hydrogens (tertiary/aromatic N) is 3. The van der Waals surface area contributed by atoms with E-state index in [0.29, 0.717) is 18.4 Å². The second-order valence-corrected chi connectivity index (χ2v) is 12.4. The molecule has 8 heteroatoms. The first-order valence-electron chi connectivity index (χ1n) is 13.2. The zero-order valence-corrected chi connectivity index (χ0v) is 21.7. The van der Waals surface area contributed by atoms with E-state index < -0.39 is 17.5 Å². The van der Waals surface area contributed by atoms with Crippen molar-refractivity contribution in [2.75, 3.05) is 18.9 Å². The monoisotopic (exact) mass is 491 g/mol. The summed E-state index contributed by atoms with van der Waals surface area (Å²) in [6.07, 6.45) is 4.95. The van der Waals surface area contributed by atoms with Gasteiger partial charge in [0.05, 0.1) is 17.5 Å². The third-order valence-electron chi connectivity index (χ3n) is 8.49. The van der Waals surface area contributed by atoms with Crippen LogP contribution in [0, 0.1) is 22.7 Å². The number of amides is 3. The summed E-state index contributed by atoms with van der Waals surface area (Å²) in [5.74, 6) is 0.195. The van der Waals surface area contributed by atoms with E-state index in [-0.39, 0.29) is 42.1 Å². The molecule has 5 atom stereocenters. The molecule has 1 spiro atoms. The summed E-state index contributed by atoms with van der Waals surface area (Å²) in [7, 11) is 1.72. The van der Waals surface area contributed by atoms with Gasteiger partial charge in [0, 0.05) is 31.7 Å². The Kier molecular flexibility index (Phi) is 6.11. The maximum atomic E-state index is 14.1. The Balaban J connectivity index is 1.40. The van der Waals surface area contributed by atoms with Gasteiger partial charge >= 0.3 is 0 Å². The van der Waals surface area contributed by atoms with E-state index >= 15 is 0 Å². The van der Waals surface area contributed by atoms with E-state index in [9.17, 15) is 19.6 Å². The highest BCUT2D eigenvalue weighted by Crippen LogP contribution is 2.46. The third kappa shape index (κ3) is 4.28. The fraction of sp³-hybridized carbons (Fsp3) is 0.643. The summed E-state index contributed by atoms with van der Waals surface area (Å²) in [4.78, 5) is 44.0. The van der Waals surface area contributed by atoms with Gasteiger partial charge in [-0.25, -0.2) is 0 Å². The summed E-state index contributed by atoms with van der Waals surface area (Å²) >= 11 is 0. The van der Waals surface area contributed by atoms with E-state index in [2.05, 4.69) is 37.5 Å². The van der Waals surface area contributed by atoms with Gasteiger partial charge in [-0.2, -0.15) is 5.26 Å². The number of rotatable bonds is 5. The van der Waals surface area contributed by atoms with Gasteiger partial charge in [0.15, 0.2) is 0 Å². The summed E-state index contributed by atoms with van der Waals surface area (Å²) in [5.41, 5.74) is 0.422. The fourth-order valence-corrected chi connectivity index (χ4v) is 6.38. The molecule has 5 rings (SSSR count). The van der Waals surface area contributed by atoms with Gasteiger partial charge in [-0.15, -0.1) is 0 Å². The number of hydrogen-bond donors (Lipinski definition) is 2. The number of carbonyl (C=O) groups excluding carboxylic acids is 3. The number of nitrogens with one attached hydrogen (secondary N) is 2. The van der Waals surface area contributed by atoms with Crippen molar-refractivity contribution < 1.29 is 14.4 Å². The number of nitriles is 1. The molecular formula is C28H37N5O3. The largest absolute Gasteiger partial charge is 0.332 e. The Labute approximate surface area is 213 Å². The molecule has 2 saturated heterocycles. The van der Waals surface area contributed by atoms with Gasteiger partial charge in [-0.3, -0.25) is 14.4 Å². The molecule has 0 aromatic heterocycles. The van der Waals surface area contributed by atoms with Gasteiger partial charge in [-0.05, 0) is 55.1 Å². The molecule has 8 nitrogen and oxygen atoms in total. The molecule has 1 aromatic carbocycles. The number of hydrogen-bond acceptors (Lipinski definition) is 5. The van der Waals surface area contributed by atoms with Crippen LogP contribution in [-0.2, 0) is 19.8 Å². The van der Waals surface area contributed by atoms with Crippen LogP contribution >= 0.6 is 0 Å². The molecule has 0 bridgehead atoms. The van der Waals surface area contributed by atoms with Crippen LogP contribution in [0.2, 0.25) is 0 Å². The lowest BCUT2D eigenvalue weighted by molar-refractivity contribution is -0.147. The maximum absolute atomic E-state index is 14.1. The third-order valence-corrected chi connectivity index (χ3v) is 8.49. The van der Waals surface area contributed by atoms with Crippen LogP contribution in [0.25, 0.3) is 0 Å². The molecule has 192 valence electrons. The van der Waals surface area contributed by atoms with E-state index in [1.54, 1.807) is 16.8 Å². The van der Waals surface area contributed by atoms with Gasteiger partial charge in [-0.1, -0.05) is 39.0 Å². The molecule has 1 saturated carbocycles. The lowest BCUT2D eigenvalue weighted by Crippen LogP contribution is -2.55. The predicted octanol–water partition coefficient (Wildman–Crippen LogP) is 2.79. The van der Waals surface area contributed by atoms with E-state index in [4.69, 9.17) is 0 Å². The van der Waals surface area contributed by atoms with Crippen molar-refractivity contribution in [3.05, 3.63) is 29.8 Å². The number of benzene rings is 1. The van der Waals surface area contributed by atoms with Crippen molar-refractivity contribution in [1.82, 2.24) is 15.1 Å². The molecule has 1 unspecified atom stereocenters. The predicted molar refractivity (Wildman–Crippen MR) is 136 cm³/mol. The molecule has 1 aliphatic carbocycles. The van der Waals surface area contributed by atoms with Crippen LogP contribution in [0.3, 0.4) is 0 Å². The number of para-hydroxylation sites is 1. The Hall–Kier alpha value is -2.92. The topological polar surface area (TPSA) is 106 Å². The standard InChI is InChI=1S/C28H37N5O3/c1-27(2,3)14-23(32(4)24(34)22-12-11-20(30-22)17-9-10-17)25(35)33-16-28(13-18(33)15-29)19-7-5-6-8-21(19)31-26(28)36/h5-8,17-18,20,22-23,30H,9-14,16H2,1-4H3,(H,31,36)/t18-,20?,22-,23-,28-/m0/s1. The number of likely N-dealkylation sites (N-methyl/N-ethyl adjacent to an activating group) is 1. The smallest absolute Gasteiger partial charge is 0.246 e. The van der Waals surface area contributed by atoms with Gasteiger partial charge in [0.25, 0.3) is 0 Å². The second kappa shape index (κ2) is 8.88. The van der Waals surface area contributed by atoms with E-state index in [1.807, 2.05) is 24.3 Å². The second-order valence-electron chi connectivity index (χ2n) is 12.4. The van der Waals surface area contributed by atoms with Crippen LogP contribution in [0.1, 0.15) is 64.9 Å². The Bertz CT molecular complexity index is 1120. The molecule has 3 aliphatic heterocycles. The Morgan fingerprint density at radius 2 is 1.94 bits per heavy atom. The van der Waals surface area contributed by atoms with Crippen molar-refractivity contribution in [3.8, 4) is 6.07 Å². The lowest BCUT2D eigenvalue weighted by Gasteiger charge is -2.36. The van der Waals surface area contributed by atoms with Crippen LogP contribution in [0.15, 0.2) is 24.3 Å². The van der Waals surface area contributed by atoms with Crippen molar-refractivity contribution in [2.24, 2.45) is 11.3 Å². The summed E-state index contributed by atoms with van der Waals surface area (Å²) < 4.78 is 0. The summed E-state index contributed by atoms with van der Waals surface area (Å²) in [6.45, 7) is 6.30. The number of anilines is 1. The first kappa shape index (κ1) is 24.8. The lowest BCUT2D eigenvalue weighted by atomic mass is 9.80. The minimum absolute atomic E-state index is 0.0628. The molecule has 3 amide bonds. The van der Waals surface area contributed by atoms with Gasteiger partial charge in [0.1, 0.15) is 12.1 Å². The van der Waals surface area contributed by atoms with E-state index in [1.165, 1.54) is 12.8 Å². The quantitative estimate of drug-likeness (QED) is 0.659. The Morgan fingerprint density at radius 3 is 2.61 bits per heavy atom. The number of fused-ring (bicyclic) bond motifs is 2. The molecular weight excluding hydrogens is 454 g/mol. The van der Waals surface area contributed by atoms with E-state index in [0.717, 1.165) is 24.1 Å². The fourth-order valence-electron chi connectivity index (χ4n) is 6.38. The Morgan fingerprint density at radius 1 is 1.22 bits per heavy atom. The molecule has 3 fully saturated rings. The highest BCUT2D eigenvalue weighted by Gasteiger charge is 2.57. The van der Waals surface area contributed by atoms with Crippen LogP contribution in [0.5, 0.6) is 0 Å². The maximum Gasteiger partial charge on any atom is 0.246 e. The van der Waals surface area contributed by atoms with Crippen molar-refractivity contribution in [1.29, 1.82) is 5.26 Å². The van der Waals surface area contributed by atoms with Crippen molar-refractivity contribution in [3.63, 3.8) is 0 Å². The molecule has 1 aromatic rings. The normalized spacial score (nSPS) is 30.1. The summed E-state index contributed by atoms with van der Waals surface area (Å²) in [5, 5.41) is 16.5. The van der Waals surface area contributed by atoms with Crippen molar-refractivity contribution in [2.45, 2.75) is 88.9 Å². The average Bonchev–Trinajstić information content (AvgIpc) is 3.33. The minimum Gasteiger partial charge on any atom is -0.332 e. The zero-order valence-electron chi connectivity index (χ0n) is 21.7. The average molecular weight is 492 g/mol. The van der Waals surface area contributed by atoms with Gasteiger partial charge < -0.3 is 20.4 Å². The zero-order chi connectivity index (χ0) is 25.8. The SMILES string of the molecule is CN(C(=O)[C@@H]1CCC(C2CC2)N1)[C@@H](CC(C)(C)C)C(=O)N1C[C@]2(C[C@H]1C#N)C(=O)Nc1ccccc12. The highest BCUT2D eigenvalue weighted by molar-refractivity contribution is 6.07. The number of likely N-dealkylation sites (tertiary alicyclic amines) is 1. The first-order valence-corrected chi connectivity index (χ1v) is 13.2. The molecule has 3 heterocycles. The first-order chi connectivity index (χ1) is 17.0. The van der Waals surface area contributed by atoms with Crippen molar-refractivity contribution >= 4 is 23.4 Å². The van der Waals surface area contributed by atoms with Gasteiger partial charge in [0.2, 0.25) is 17.7 Å². The number of carbonyl (C=O) groups is 3. The highest BCUT2D eigenvalue weighted by atomic mass is 16.2. The van der Waals surface area contributed by atoms with Crippen LogP contribution in [-0.4, -0.2) is 65.3 Å². The minimum atomic E-state index is -0.938. The van der Waals surface area contributed by atoms with Crippen LogP contribution in [0.4, 0.5) is 5.69 Å².